The van der Waals surface area contributed by atoms with Crippen LogP contribution in [0.3, 0.4) is 0 Å². The summed E-state index contributed by atoms with van der Waals surface area (Å²) in [5, 5.41) is 10.5. The van der Waals surface area contributed by atoms with Gasteiger partial charge < -0.3 is 19.5 Å². The summed E-state index contributed by atoms with van der Waals surface area (Å²) < 4.78 is 10.3. The Kier molecular flexibility index (Phi) is 4.35. The van der Waals surface area contributed by atoms with Crippen molar-refractivity contribution in [3.8, 4) is 11.5 Å². The van der Waals surface area contributed by atoms with Crippen LogP contribution in [0.1, 0.15) is 5.56 Å². The molecule has 1 N–H and O–H groups in total. The summed E-state index contributed by atoms with van der Waals surface area (Å²) in [5.41, 5.74) is 0.729. The van der Waals surface area contributed by atoms with Gasteiger partial charge in [-0.3, -0.25) is 4.79 Å². The lowest BCUT2D eigenvalue weighted by Crippen LogP contribution is -2.38. The van der Waals surface area contributed by atoms with E-state index in [2.05, 4.69) is 9.89 Å². The number of hydrogen-bond donors (Lipinski definition) is 1. The first kappa shape index (κ1) is 14.9. The number of aliphatic imine (C=N–C) groups is 1. The van der Waals surface area contributed by atoms with Crippen LogP contribution in [0, 0.1) is 0 Å². The quantitative estimate of drug-likeness (QED) is 0.837. The van der Waals surface area contributed by atoms with Crippen LogP contribution < -0.4 is 4.74 Å². The Morgan fingerprint density at radius 2 is 2.18 bits per heavy atom. The summed E-state index contributed by atoms with van der Waals surface area (Å²) in [6.07, 6.45) is 1.73. The molecule has 1 saturated heterocycles. The van der Waals surface area contributed by atoms with Gasteiger partial charge in [-0.05, 0) is 35.5 Å². The number of nitrogens with zero attached hydrogens (tertiary/aromatic N) is 2. The summed E-state index contributed by atoms with van der Waals surface area (Å²) in [5.74, 6) is 0.196. The van der Waals surface area contributed by atoms with Crippen LogP contribution in [0.2, 0.25) is 0 Å². The van der Waals surface area contributed by atoms with Gasteiger partial charge in [0.05, 0.1) is 25.2 Å². The maximum Gasteiger partial charge on any atom is 0.286 e. The van der Waals surface area contributed by atoms with Gasteiger partial charge in [0.2, 0.25) is 0 Å². The number of amides is 1. The van der Waals surface area contributed by atoms with Crippen molar-refractivity contribution in [3.05, 3.63) is 28.7 Å². The zero-order chi connectivity index (χ0) is 15.5. The predicted octanol–water partition coefficient (Wildman–Crippen LogP) is 1.70. The van der Waals surface area contributed by atoms with E-state index in [4.69, 9.17) is 9.47 Å². The molecule has 2 aliphatic rings. The topological polar surface area (TPSA) is 71.4 Å². The van der Waals surface area contributed by atoms with Gasteiger partial charge in [0.1, 0.15) is 0 Å². The predicted molar refractivity (Wildman–Crippen MR) is 85.1 cm³/mol. The van der Waals surface area contributed by atoms with Gasteiger partial charge >= 0.3 is 0 Å². The highest BCUT2D eigenvalue weighted by Crippen LogP contribution is 2.32. The molecule has 2 aliphatic heterocycles. The highest BCUT2D eigenvalue weighted by Gasteiger charge is 2.27. The Labute approximate surface area is 132 Å². The van der Waals surface area contributed by atoms with Crippen LogP contribution in [0.15, 0.2) is 28.1 Å². The summed E-state index contributed by atoms with van der Waals surface area (Å²) in [4.78, 5) is 18.7. The van der Waals surface area contributed by atoms with Crippen molar-refractivity contribution in [3.63, 3.8) is 0 Å². The molecule has 1 aromatic carbocycles. The number of carbonyl (C=O) groups excluding carboxylic acids is 1. The summed E-state index contributed by atoms with van der Waals surface area (Å²) in [7, 11) is 1.49. The van der Waals surface area contributed by atoms with Gasteiger partial charge in [0.25, 0.3) is 5.91 Å². The fourth-order valence-electron chi connectivity index (χ4n) is 2.24. The lowest BCUT2D eigenvalue weighted by atomic mass is 10.2. The number of phenolic OH excluding ortho intramolecular Hbond substituents is 1. The SMILES string of the molecule is COc1ccc(C=C2SC(N3CCOCC3)=NC2=O)cc1O. The molecule has 2 heterocycles. The minimum absolute atomic E-state index is 0.0432. The van der Waals surface area contributed by atoms with Crippen LogP contribution in [0.5, 0.6) is 11.5 Å². The number of methoxy groups -OCH3 is 1. The normalized spacial score (nSPS) is 20.4. The maximum absolute atomic E-state index is 12.0. The first-order valence-corrected chi connectivity index (χ1v) is 7.71. The van der Waals surface area contributed by atoms with Crippen molar-refractivity contribution in [1.82, 2.24) is 4.90 Å². The number of amidine groups is 1. The molecule has 0 aromatic heterocycles. The number of hydrogen-bond acceptors (Lipinski definition) is 6. The second kappa shape index (κ2) is 6.41. The zero-order valence-electron chi connectivity index (χ0n) is 12.1. The zero-order valence-corrected chi connectivity index (χ0v) is 12.9. The number of rotatable bonds is 2. The smallest absolute Gasteiger partial charge is 0.286 e. The third-order valence-electron chi connectivity index (χ3n) is 3.39. The number of thioether (sulfide) groups is 1. The van der Waals surface area contributed by atoms with Gasteiger partial charge in [-0.1, -0.05) is 6.07 Å². The van der Waals surface area contributed by atoms with Crippen LogP contribution in [0.4, 0.5) is 0 Å². The standard InChI is InChI=1S/C15H16N2O4S/c1-20-12-3-2-10(8-11(12)18)9-13-14(19)16-15(22-13)17-4-6-21-7-5-17/h2-3,8-9,18H,4-7H2,1H3. The van der Waals surface area contributed by atoms with E-state index in [1.54, 1.807) is 24.3 Å². The lowest BCUT2D eigenvalue weighted by molar-refractivity contribution is -0.113. The fourth-order valence-corrected chi connectivity index (χ4v) is 3.20. The molecule has 0 atom stereocenters. The first-order valence-electron chi connectivity index (χ1n) is 6.89. The van der Waals surface area contributed by atoms with Crippen molar-refractivity contribution in [1.29, 1.82) is 0 Å². The van der Waals surface area contributed by atoms with E-state index in [1.165, 1.54) is 18.9 Å². The fraction of sp³-hybridized carbons (Fsp3) is 0.333. The minimum Gasteiger partial charge on any atom is -0.504 e. The van der Waals surface area contributed by atoms with E-state index in [-0.39, 0.29) is 11.7 Å². The number of phenols is 1. The van der Waals surface area contributed by atoms with Crippen molar-refractivity contribution >= 4 is 28.9 Å². The van der Waals surface area contributed by atoms with E-state index in [0.717, 1.165) is 23.8 Å². The van der Waals surface area contributed by atoms with Gasteiger partial charge in [0, 0.05) is 13.1 Å². The van der Waals surface area contributed by atoms with E-state index < -0.39 is 0 Å². The summed E-state index contributed by atoms with van der Waals surface area (Å²) in [6, 6.07) is 5.01. The van der Waals surface area contributed by atoms with Gasteiger partial charge in [-0.25, -0.2) is 0 Å². The average molecular weight is 320 g/mol. The molecule has 116 valence electrons. The molecule has 0 unspecified atom stereocenters. The molecular formula is C15H16N2O4S. The van der Waals surface area contributed by atoms with Crippen LogP contribution in [-0.2, 0) is 9.53 Å². The Balaban J connectivity index is 1.76. The molecule has 0 bridgehead atoms. The molecule has 1 amide bonds. The van der Waals surface area contributed by atoms with Crippen molar-refractivity contribution in [2.24, 2.45) is 4.99 Å². The Morgan fingerprint density at radius 1 is 1.41 bits per heavy atom. The highest BCUT2D eigenvalue weighted by molar-refractivity contribution is 8.18. The van der Waals surface area contributed by atoms with Crippen LogP contribution in [0.25, 0.3) is 6.08 Å². The molecule has 22 heavy (non-hydrogen) atoms. The molecular weight excluding hydrogens is 304 g/mol. The maximum atomic E-state index is 12.0. The van der Waals surface area contributed by atoms with Gasteiger partial charge in [-0.2, -0.15) is 4.99 Å². The molecule has 6 nitrogen and oxygen atoms in total. The second-order valence-electron chi connectivity index (χ2n) is 4.84. The van der Waals surface area contributed by atoms with Crippen LogP contribution in [-0.4, -0.2) is 54.5 Å². The third-order valence-corrected chi connectivity index (χ3v) is 4.44. The van der Waals surface area contributed by atoms with E-state index in [1.807, 2.05) is 0 Å². The Hall–Kier alpha value is -1.99. The molecule has 1 aromatic rings. The molecule has 0 saturated carbocycles. The molecule has 3 rings (SSSR count). The molecule has 0 aliphatic carbocycles. The monoisotopic (exact) mass is 320 g/mol. The molecule has 7 heteroatoms. The van der Waals surface area contributed by atoms with E-state index in [9.17, 15) is 9.90 Å². The Bertz CT molecular complexity index is 651. The number of benzene rings is 1. The second-order valence-corrected chi connectivity index (χ2v) is 5.85. The van der Waals surface area contributed by atoms with Crippen molar-refractivity contribution in [2.75, 3.05) is 33.4 Å². The number of aromatic hydroxyl groups is 1. The lowest BCUT2D eigenvalue weighted by Gasteiger charge is -2.27. The number of ether oxygens (including phenoxy) is 2. The van der Waals surface area contributed by atoms with E-state index >= 15 is 0 Å². The van der Waals surface area contributed by atoms with Crippen LogP contribution >= 0.6 is 11.8 Å². The summed E-state index contributed by atoms with van der Waals surface area (Å²) in [6.45, 7) is 2.80. The third kappa shape index (κ3) is 3.10. The molecule has 1 fully saturated rings. The molecule has 0 spiro atoms. The summed E-state index contributed by atoms with van der Waals surface area (Å²) >= 11 is 1.35. The largest absolute Gasteiger partial charge is 0.504 e. The Morgan fingerprint density at radius 3 is 2.86 bits per heavy atom. The van der Waals surface area contributed by atoms with Crippen molar-refractivity contribution in [2.45, 2.75) is 0 Å². The number of carbonyl (C=O) groups is 1. The molecule has 0 radical (unpaired) electrons. The van der Waals surface area contributed by atoms with Gasteiger partial charge in [0.15, 0.2) is 16.7 Å². The number of morpholine rings is 1. The van der Waals surface area contributed by atoms with E-state index in [0.29, 0.717) is 23.9 Å². The highest BCUT2D eigenvalue weighted by atomic mass is 32.2. The van der Waals surface area contributed by atoms with Gasteiger partial charge in [-0.15, -0.1) is 0 Å². The van der Waals surface area contributed by atoms with Crippen molar-refractivity contribution < 1.29 is 19.4 Å². The first-order chi connectivity index (χ1) is 10.7. The average Bonchev–Trinajstić information content (AvgIpc) is 2.89. The minimum atomic E-state index is -0.248.